The Balaban J connectivity index is 0.00000312. The van der Waals surface area contributed by atoms with Crippen LogP contribution in [-0.4, -0.2) is 25.2 Å². The Morgan fingerprint density at radius 2 is 1.92 bits per heavy atom. The number of pyridine rings is 1. The molecule has 8 heteroatoms. The fraction of sp³-hybridized carbons (Fsp3) is 0.176. The Labute approximate surface area is 151 Å². The van der Waals surface area contributed by atoms with Crippen LogP contribution in [0.3, 0.4) is 0 Å². The van der Waals surface area contributed by atoms with Crippen molar-refractivity contribution in [3.8, 4) is 11.5 Å². The van der Waals surface area contributed by atoms with E-state index in [1.165, 1.54) is 20.2 Å². The largest absolute Gasteiger partial charge is 1.00 e. The van der Waals surface area contributed by atoms with Crippen molar-refractivity contribution in [2.45, 2.75) is 13.5 Å². The Bertz CT molecular complexity index is 751. The van der Waals surface area contributed by atoms with Crippen LogP contribution >= 0.6 is 0 Å². The number of carbonyl (C=O) groups is 2. The fourth-order valence-electron chi connectivity index (χ4n) is 1.92. The summed E-state index contributed by atoms with van der Waals surface area (Å²) in [7, 11) is 1.47. The van der Waals surface area contributed by atoms with E-state index >= 15 is 0 Å². The van der Waals surface area contributed by atoms with Crippen molar-refractivity contribution in [1.82, 2.24) is 5.43 Å². The minimum atomic E-state index is -0.430. The highest BCUT2D eigenvalue weighted by molar-refractivity contribution is 5.83. The Kier molecular flexibility index (Phi) is 8.08. The zero-order chi connectivity index (χ0) is 17.4. The number of ether oxygens (including phenoxy) is 2. The molecule has 1 amide bonds. The summed E-state index contributed by atoms with van der Waals surface area (Å²) in [6, 6.07) is 10.5. The predicted octanol–water partition coefficient (Wildman–Crippen LogP) is -1.94. The smallest absolute Gasteiger partial charge is 0.308 e. The summed E-state index contributed by atoms with van der Waals surface area (Å²) in [5.74, 6) is 0.0540. The molecule has 0 unspecified atom stereocenters. The number of halogens is 1. The third-order valence-electron chi connectivity index (χ3n) is 2.95. The molecule has 1 heterocycles. The van der Waals surface area contributed by atoms with Crippen LogP contribution in [0.2, 0.25) is 0 Å². The van der Waals surface area contributed by atoms with Gasteiger partial charge in [0, 0.05) is 19.1 Å². The first-order valence-electron chi connectivity index (χ1n) is 7.21. The summed E-state index contributed by atoms with van der Waals surface area (Å²) in [4.78, 5) is 22.8. The van der Waals surface area contributed by atoms with Gasteiger partial charge in [-0.3, -0.25) is 9.59 Å². The SMILES string of the molecule is COc1cc(C=NNC(=O)C[n+]2ccccc2)ccc1OC(C)=O.[Cl-]. The van der Waals surface area contributed by atoms with Gasteiger partial charge in [-0.15, -0.1) is 0 Å². The molecule has 1 N–H and O–H groups in total. The van der Waals surface area contributed by atoms with Crippen molar-refractivity contribution in [3.63, 3.8) is 0 Å². The molecule has 0 bridgehead atoms. The molecule has 1 aromatic carbocycles. The third kappa shape index (κ3) is 6.60. The highest BCUT2D eigenvalue weighted by Gasteiger charge is 2.08. The molecule has 2 aromatic rings. The molecule has 25 heavy (non-hydrogen) atoms. The van der Waals surface area contributed by atoms with Gasteiger partial charge in [0.1, 0.15) is 0 Å². The van der Waals surface area contributed by atoms with Crippen LogP contribution in [0.15, 0.2) is 53.9 Å². The van der Waals surface area contributed by atoms with Gasteiger partial charge >= 0.3 is 11.9 Å². The van der Waals surface area contributed by atoms with Crippen molar-refractivity contribution in [2.75, 3.05) is 7.11 Å². The van der Waals surface area contributed by atoms with Gasteiger partial charge in [0.25, 0.3) is 0 Å². The van der Waals surface area contributed by atoms with Gasteiger partial charge in [0.15, 0.2) is 23.9 Å². The lowest BCUT2D eigenvalue weighted by Gasteiger charge is -2.08. The van der Waals surface area contributed by atoms with E-state index in [-0.39, 0.29) is 24.9 Å². The Morgan fingerprint density at radius 3 is 2.56 bits per heavy atom. The maximum Gasteiger partial charge on any atom is 0.308 e. The molecule has 2 rings (SSSR count). The van der Waals surface area contributed by atoms with Crippen LogP contribution in [0.25, 0.3) is 0 Å². The number of hydrazone groups is 1. The van der Waals surface area contributed by atoms with Crippen molar-refractivity contribution in [1.29, 1.82) is 0 Å². The number of benzene rings is 1. The number of amides is 1. The predicted molar refractivity (Wildman–Crippen MR) is 86.7 cm³/mol. The molecule has 0 aliphatic rings. The highest BCUT2D eigenvalue weighted by atomic mass is 35.5. The molecule has 1 aromatic heterocycles. The molecule has 7 nitrogen and oxygen atoms in total. The van der Waals surface area contributed by atoms with Crippen molar-refractivity contribution in [2.24, 2.45) is 5.10 Å². The normalized spacial score (nSPS) is 10.0. The van der Waals surface area contributed by atoms with Crippen LogP contribution in [0.4, 0.5) is 0 Å². The molecule has 0 saturated carbocycles. The number of esters is 1. The molecule has 0 radical (unpaired) electrons. The van der Waals surface area contributed by atoms with E-state index in [0.29, 0.717) is 17.1 Å². The second-order valence-corrected chi connectivity index (χ2v) is 4.84. The second-order valence-electron chi connectivity index (χ2n) is 4.84. The van der Waals surface area contributed by atoms with Crippen molar-refractivity contribution in [3.05, 3.63) is 54.4 Å². The molecule has 132 valence electrons. The van der Waals surface area contributed by atoms with E-state index in [1.54, 1.807) is 35.2 Å². The summed E-state index contributed by atoms with van der Waals surface area (Å²) in [6.07, 6.45) is 5.07. The van der Waals surface area contributed by atoms with E-state index in [4.69, 9.17) is 9.47 Å². The number of nitrogens with one attached hydrogen (secondary N) is 1. The van der Waals surface area contributed by atoms with Gasteiger partial charge < -0.3 is 21.9 Å². The lowest BCUT2D eigenvalue weighted by molar-refractivity contribution is -0.684. The van der Waals surface area contributed by atoms with E-state index in [2.05, 4.69) is 10.5 Å². The molecule has 0 aliphatic heterocycles. The van der Waals surface area contributed by atoms with Gasteiger partial charge in [-0.2, -0.15) is 9.67 Å². The number of methoxy groups -OCH3 is 1. The first-order chi connectivity index (χ1) is 11.6. The van der Waals surface area contributed by atoms with Crippen LogP contribution in [-0.2, 0) is 16.1 Å². The lowest BCUT2D eigenvalue weighted by atomic mass is 10.2. The first-order valence-corrected chi connectivity index (χ1v) is 7.21. The van der Waals surface area contributed by atoms with Gasteiger partial charge in [0.2, 0.25) is 6.54 Å². The lowest BCUT2D eigenvalue weighted by Crippen LogP contribution is -3.00. The summed E-state index contributed by atoms with van der Waals surface area (Å²) < 4.78 is 11.9. The van der Waals surface area contributed by atoms with E-state index in [1.807, 2.05) is 18.2 Å². The Hall–Kier alpha value is -2.93. The molecular formula is C17H18ClN3O4. The number of aromatic nitrogens is 1. The van der Waals surface area contributed by atoms with Crippen LogP contribution in [0.5, 0.6) is 11.5 Å². The quantitative estimate of drug-likeness (QED) is 0.213. The van der Waals surface area contributed by atoms with Crippen LogP contribution < -0.4 is 31.9 Å². The first kappa shape index (κ1) is 20.1. The number of hydrogen-bond acceptors (Lipinski definition) is 5. The molecule has 0 fully saturated rings. The van der Waals surface area contributed by atoms with Gasteiger partial charge in [-0.05, 0) is 23.8 Å². The van der Waals surface area contributed by atoms with Crippen LogP contribution in [0.1, 0.15) is 12.5 Å². The number of hydrogen-bond donors (Lipinski definition) is 1. The van der Waals surface area contributed by atoms with E-state index < -0.39 is 5.97 Å². The maximum absolute atomic E-state index is 11.8. The Morgan fingerprint density at radius 1 is 1.20 bits per heavy atom. The average molecular weight is 364 g/mol. The van der Waals surface area contributed by atoms with Crippen molar-refractivity contribution < 1.29 is 36.0 Å². The topological polar surface area (TPSA) is 80.9 Å². The van der Waals surface area contributed by atoms with Gasteiger partial charge in [-0.25, -0.2) is 5.43 Å². The summed E-state index contributed by atoms with van der Waals surface area (Å²) >= 11 is 0. The summed E-state index contributed by atoms with van der Waals surface area (Å²) in [5.41, 5.74) is 3.14. The maximum atomic E-state index is 11.8. The van der Waals surface area contributed by atoms with Crippen LogP contribution in [0, 0.1) is 0 Å². The minimum absolute atomic E-state index is 0. The molecule has 0 atom stereocenters. The summed E-state index contributed by atoms with van der Waals surface area (Å²) in [5, 5.41) is 3.90. The number of rotatable bonds is 6. The molecule has 0 saturated heterocycles. The minimum Gasteiger partial charge on any atom is -1.00 e. The van der Waals surface area contributed by atoms with Gasteiger partial charge in [-0.1, -0.05) is 6.07 Å². The molecule has 0 aliphatic carbocycles. The molecule has 0 spiro atoms. The average Bonchev–Trinajstić information content (AvgIpc) is 2.56. The molecular weight excluding hydrogens is 346 g/mol. The van der Waals surface area contributed by atoms with Gasteiger partial charge in [0.05, 0.1) is 13.3 Å². The van der Waals surface area contributed by atoms with Crippen molar-refractivity contribution >= 4 is 18.1 Å². The third-order valence-corrected chi connectivity index (χ3v) is 2.95. The summed E-state index contributed by atoms with van der Waals surface area (Å²) in [6.45, 7) is 1.49. The highest BCUT2D eigenvalue weighted by Crippen LogP contribution is 2.27. The standard InChI is InChI=1S/C17H17N3O4.ClH/c1-13(21)24-15-7-6-14(10-16(15)23-2)11-18-19-17(22)12-20-8-4-3-5-9-20;/h3-11H,12H2,1-2H3;1H. The fourth-order valence-corrected chi connectivity index (χ4v) is 1.92. The monoisotopic (exact) mass is 363 g/mol. The number of nitrogens with zero attached hydrogens (tertiary/aromatic N) is 2. The van der Waals surface area contributed by atoms with E-state index in [0.717, 1.165) is 0 Å². The van der Waals surface area contributed by atoms with E-state index in [9.17, 15) is 9.59 Å². The number of carbonyl (C=O) groups excluding carboxylic acids is 2. The second kappa shape index (κ2) is 10.0. The zero-order valence-corrected chi connectivity index (χ0v) is 14.6. The zero-order valence-electron chi connectivity index (χ0n) is 13.8.